The summed E-state index contributed by atoms with van der Waals surface area (Å²) in [6.07, 6.45) is 2.06. The Morgan fingerprint density at radius 2 is 1.80 bits per heavy atom. The van der Waals surface area contributed by atoms with E-state index in [1.54, 1.807) is 17.0 Å². The number of hydrogen-bond acceptors (Lipinski definition) is 5. The first kappa shape index (κ1) is 18.9. The molecule has 0 saturated carbocycles. The number of ether oxygens (including phenoxy) is 3. The van der Waals surface area contributed by atoms with Gasteiger partial charge in [0.2, 0.25) is 17.6 Å². The van der Waals surface area contributed by atoms with Crippen LogP contribution in [0.25, 0.3) is 0 Å². The first-order valence-electron chi connectivity index (χ1n) is 8.42. The Morgan fingerprint density at radius 3 is 2.32 bits per heavy atom. The monoisotopic (exact) mass is 350 g/mol. The molecule has 1 heterocycles. The lowest BCUT2D eigenvalue weighted by atomic mass is 9.96. The van der Waals surface area contributed by atoms with E-state index in [-0.39, 0.29) is 17.7 Å². The van der Waals surface area contributed by atoms with E-state index in [1.165, 1.54) is 21.3 Å². The fourth-order valence-electron chi connectivity index (χ4n) is 3.04. The van der Waals surface area contributed by atoms with Gasteiger partial charge in [0.1, 0.15) is 0 Å². The molecular weight excluding hydrogens is 324 g/mol. The summed E-state index contributed by atoms with van der Waals surface area (Å²) in [4.78, 5) is 26.3. The number of rotatable bonds is 6. The first-order chi connectivity index (χ1) is 12.0. The van der Waals surface area contributed by atoms with Gasteiger partial charge in [0.05, 0.1) is 27.2 Å². The van der Waals surface area contributed by atoms with Crippen LogP contribution in [0.2, 0.25) is 0 Å². The Hall–Kier alpha value is -2.44. The van der Waals surface area contributed by atoms with Crippen molar-refractivity contribution in [3.63, 3.8) is 0 Å². The van der Waals surface area contributed by atoms with Gasteiger partial charge in [0.25, 0.3) is 0 Å². The maximum Gasteiger partial charge on any atom is 0.229 e. The normalized spacial score (nSPS) is 17.0. The number of nitrogens with zero attached hydrogens (tertiary/aromatic N) is 1. The van der Waals surface area contributed by atoms with Gasteiger partial charge in [0, 0.05) is 37.3 Å². The molecule has 1 N–H and O–H groups in total. The number of nitrogens with one attached hydrogen (secondary N) is 1. The minimum atomic E-state index is -0.219. The number of carbonyl (C=O) groups is 2. The molecule has 2 rings (SSSR count). The van der Waals surface area contributed by atoms with Crippen LogP contribution in [0.15, 0.2) is 12.1 Å². The van der Waals surface area contributed by atoms with Gasteiger partial charge >= 0.3 is 0 Å². The summed E-state index contributed by atoms with van der Waals surface area (Å²) in [5.41, 5.74) is 0.568. The van der Waals surface area contributed by atoms with E-state index in [2.05, 4.69) is 5.32 Å². The number of carbonyl (C=O) groups excluding carboxylic acids is 2. The van der Waals surface area contributed by atoms with Crippen molar-refractivity contribution in [2.75, 3.05) is 39.7 Å². The van der Waals surface area contributed by atoms with E-state index in [0.29, 0.717) is 35.9 Å². The second-order valence-corrected chi connectivity index (χ2v) is 5.94. The van der Waals surface area contributed by atoms with Gasteiger partial charge < -0.3 is 24.4 Å². The van der Waals surface area contributed by atoms with E-state index in [4.69, 9.17) is 14.2 Å². The molecule has 1 saturated heterocycles. The SMILES string of the molecule is CCC(=O)N1CCC[C@@H](C(=O)Nc2cc(OC)c(OC)c(OC)c2)C1. The molecule has 25 heavy (non-hydrogen) atoms. The maximum atomic E-state index is 12.6. The molecule has 7 heteroatoms. The van der Waals surface area contributed by atoms with Crippen molar-refractivity contribution in [3.05, 3.63) is 12.1 Å². The molecule has 2 amide bonds. The second-order valence-electron chi connectivity index (χ2n) is 5.94. The van der Waals surface area contributed by atoms with E-state index in [1.807, 2.05) is 6.92 Å². The van der Waals surface area contributed by atoms with Crippen molar-refractivity contribution in [3.8, 4) is 17.2 Å². The number of benzene rings is 1. The Labute approximate surface area is 148 Å². The zero-order valence-electron chi connectivity index (χ0n) is 15.3. The van der Waals surface area contributed by atoms with Crippen molar-refractivity contribution in [2.24, 2.45) is 5.92 Å². The standard InChI is InChI=1S/C18H26N2O5/c1-5-16(21)20-8-6-7-12(11-20)18(22)19-13-9-14(23-2)17(25-4)15(10-13)24-3/h9-10,12H,5-8,11H2,1-4H3,(H,19,22)/t12-/m1/s1. The number of piperidine rings is 1. The van der Waals surface area contributed by atoms with Crippen LogP contribution in [0.5, 0.6) is 17.2 Å². The van der Waals surface area contributed by atoms with Crippen LogP contribution in [0, 0.1) is 5.92 Å². The molecule has 0 aromatic heterocycles. The molecule has 0 aliphatic carbocycles. The van der Waals surface area contributed by atoms with Gasteiger partial charge in [-0.1, -0.05) is 6.92 Å². The molecule has 1 aliphatic rings. The van der Waals surface area contributed by atoms with E-state index >= 15 is 0 Å². The smallest absolute Gasteiger partial charge is 0.229 e. The van der Waals surface area contributed by atoms with E-state index in [9.17, 15) is 9.59 Å². The fraction of sp³-hybridized carbons (Fsp3) is 0.556. The predicted octanol–water partition coefficient (Wildman–Crippen LogP) is 2.30. The molecule has 1 atom stereocenters. The van der Waals surface area contributed by atoms with Crippen LogP contribution in [-0.4, -0.2) is 51.1 Å². The van der Waals surface area contributed by atoms with Crippen LogP contribution in [0.1, 0.15) is 26.2 Å². The molecular formula is C18H26N2O5. The molecule has 0 radical (unpaired) electrons. The number of likely N-dealkylation sites (tertiary alicyclic amines) is 1. The van der Waals surface area contributed by atoms with Crippen molar-refractivity contribution in [1.29, 1.82) is 0 Å². The lowest BCUT2D eigenvalue weighted by Crippen LogP contribution is -2.43. The zero-order valence-corrected chi connectivity index (χ0v) is 15.3. The minimum Gasteiger partial charge on any atom is -0.493 e. The molecule has 0 bridgehead atoms. The quantitative estimate of drug-likeness (QED) is 0.852. The topological polar surface area (TPSA) is 77.1 Å². The van der Waals surface area contributed by atoms with Crippen LogP contribution in [0.3, 0.4) is 0 Å². The summed E-state index contributed by atoms with van der Waals surface area (Å²) < 4.78 is 15.9. The predicted molar refractivity (Wildman–Crippen MR) is 94.3 cm³/mol. The van der Waals surface area contributed by atoms with Crippen LogP contribution < -0.4 is 19.5 Å². The highest BCUT2D eigenvalue weighted by atomic mass is 16.5. The Bertz CT molecular complexity index is 607. The van der Waals surface area contributed by atoms with E-state index in [0.717, 1.165) is 19.4 Å². The third-order valence-electron chi connectivity index (χ3n) is 4.38. The second kappa shape index (κ2) is 8.60. The summed E-state index contributed by atoms with van der Waals surface area (Å²) >= 11 is 0. The molecule has 7 nitrogen and oxygen atoms in total. The van der Waals surface area contributed by atoms with Gasteiger partial charge in [-0.2, -0.15) is 0 Å². The van der Waals surface area contributed by atoms with Gasteiger partial charge in [-0.3, -0.25) is 9.59 Å². The lowest BCUT2D eigenvalue weighted by molar-refractivity contribution is -0.134. The molecule has 1 aliphatic heterocycles. The van der Waals surface area contributed by atoms with Crippen LogP contribution >= 0.6 is 0 Å². The zero-order chi connectivity index (χ0) is 18.4. The Kier molecular flexibility index (Phi) is 6.50. The van der Waals surface area contributed by atoms with Crippen molar-refractivity contribution in [2.45, 2.75) is 26.2 Å². The molecule has 0 unspecified atom stereocenters. The molecule has 1 fully saturated rings. The summed E-state index contributed by atoms with van der Waals surface area (Å²) in [5, 5.41) is 2.90. The van der Waals surface area contributed by atoms with Crippen molar-refractivity contribution in [1.82, 2.24) is 4.90 Å². The summed E-state index contributed by atoms with van der Waals surface area (Å²) in [6.45, 7) is 3.02. The van der Waals surface area contributed by atoms with Crippen molar-refractivity contribution >= 4 is 17.5 Å². The van der Waals surface area contributed by atoms with Gasteiger partial charge in [-0.15, -0.1) is 0 Å². The summed E-state index contributed by atoms with van der Waals surface area (Å²) in [6, 6.07) is 3.38. The highest BCUT2D eigenvalue weighted by Crippen LogP contribution is 2.40. The third-order valence-corrected chi connectivity index (χ3v) is 4.38. The van der Waals surface area contributed by atoms with Gasteiger partial charge in [-0.05, 0) is 12.8 Å². The Balaban J connectivity index is 2.13. The highest BCUT2D eigenvalue weighted by molar-refractivity contribution is 5.94. The highest BCUT2D eigenvalue weighted by Gasteiger charge is 2.28. The lowest BCUT2D eigenvalue weighted by Gasteiger charge is -2.32. The molecule has 138 valence electrons. The molecule has 0 spiro atoms. The number of amides is 2. The van der Waals surface area contributed by atoms with Crippen LogP contribution in [-0.2, 0) is 9.59 Å². The summed E-state index contributed by atoms with van der Waals surface area (Å²) in [5.74, 6) is 1.18. The molecule has 1 aromatic rings. The largest absolute Gasteiger partial charge is 0.493 e. The van der Waals surface area contributed by atoms with Gasteiger partial charge in [0.15, 0.2) is 11.5 Å². The third kappa shape index (κ3) is 4.35. The fourth-order valence-corrected chi connectivity index (χ4v) is 3.04. The number of methoxy groups -OCH3 is 3. The van der Waals surface area contributed by atoms with Crippen LogP contribution in [0.4, 0.5) is 5.69 Å². The number of hydrogen-bond donors (Lipinski definition) is 1. The van der Waals surface area contributed by atoms with Crippen molar-refractivity contribution < 1.29 is 23.8 Å². The summed E-state index contributed by atoms with van der Waals surface area (Å²) in [7, 11) is 4.58. The van der Waals surface area contributed by atoms with Gasteiger partial charge in [-0.25, -0.2) is 0 Å². The first-order valence-corrected chi connectivity index (χ1v) is 8.42. The van der Waals surface area contributed by atoms with E-state index < -0.39 is 0 Å². The number of anilines is 1. The minimum absolute atomic E-state index is 0.0882. The average Bonchev–Trinajstić information content (AvgIpc) is 2.66. The average molecular weight is 350 g/mol. The molecule has 1 aromatic carbocycles. The Morgan fingerprint density at radius 1 is 1.16 bits per heavy atom. The maximum absolute atomic E-state index is 12.6.